The topological polar surface area (TPSA) is 9.23 Å². The fourth-order valence-corrected chi connectivity index (χ4v) is 4.69. The summed E-state index contributed by atoms with van der Waals surface area (Å²) in [5.74, 6) is 3.64. The normalized spacial score (nSPS) is 21.0. The van der Waals surface area contributed by atoms with Crippen LogP contribution in [-0.2, 0) is 6.42 Å². The molecule has 2 aromatic rings. The van der Waals surface area contributed by atoms with E-state index in [1.807, 2.05) is 12.1 Å². The van der Waals surface area contributed by atoms with Crippen molar-refractivity contribution in [2.75, 3.05) is 7.11 Å². The smallest absolute Gasteiger partial charge is 0.118 e. The Balaban J connectivity index is 1.52. The summed E-state index contributed by atoms with van der Waals surface area (Å²) in [4.78, 5) is 0. The molecular weight excluding hydrogens is 328 g/mol. The molecule has 1 unspecified atom stereocenters. The van der Waals surface area contributed by atoms with Gasteiger partial charge in [-0.2, -0.15) is 0 Å². The average Bonchev–Trinajstić information content (AvgIpc) is 2.73. The van der Waals surface area contributed by atoms with Crippen LogP contribution in [0, 0.1) is 17.8 Å². The predicted molar refractivity (Wildman–Crippen MR) is 116 cm³/mol. The Hall–Kier alpha value is -1.76. The maximum absolute atomic E-state index is 5.25. The summed E-state index contributed by atoms with van der Waals surface area (Å²) in [5.41, 5.74) is 4.01. The van der Waals surface area contributed by atoms with Crippen LogP contribution in [0.1, 0.15) is 64.4 Å². The molecule has 0 aliphatic heterocycles. The van der Waals surface area contributed by atoms with Gasteiger partial charge in [-0.05, 0) is 65.8 Å². The highest BCUT2D eigenvalue weighted by atomic mass is 16.5. The van der Waals surface area contributed by atoms with Crippen molar-refractivity contribution in [3.8, 4) is 16.9 Å². The first-order chi connectivity index (χ1) is 13.2. The number of hydrogen-bond acceptors (Lipinski definition) is 1. The SMILES string of the molecule is CCCCC1CCC(C(C)Cc2ccc(-c3ccc(OC)cc3)cc2)CC1. The standard InChI is InChI=1S/C26H36O/c1-4-5-6-21-7-11-23(12-8-21)20(2)19-22-9-13-24(14-10-22)25-15-17-26(27-3)18-16-25/h9-10,13-18,20-21,23H,4-8,11-12,19H2,1-3H3. The van der Waals surface area contributed by atoms with Gasteiger partial charge in [0.1, 0.15) is 5.75 Å². The molecule has 2 aromatic carbocycles. The molecule has 27 heavy (non-hydrogen) atoms. The summed E-state index contributed by atoms with van der Waals surface area (Å²) in [5, 5.41) is 0. The number of ether oxygens (including phenoxy) is 1. The van der Waals surface area contributed by atoms with E-state index in [1.165, 1.54) is 68.1 Å². The minimum Gasteiger partial charge on any atom is -0.497 e. The Morgan fingerprint density at radius 2 is 1.48 bits per heavy atom. The van der Waals surface area contributed by atoms with E-state index in [4.69, 9.17) is 4.74 Å². The summed E-state index contributed by atoms with van der Waals surface area (Å²) >= 11 is 0. The molecule has 0 N–H and O–H groups in total. The van der Waals surface area contributed by atoms with Crippen molar-refractivity contribution in [2.24, 2.45) is 17.8 Å². The molecule has 3 rings (SSSR count). The molecule has 1 fully saturated rings. The molecular formula is C26H36O. The summed E-state index contributed by atoms with van der Waals surface area (Å²) < 4.78 is 5.25. The second kappa shape index (κ2) is 9.97. The van der Waals surface area contributed by atoms with Crippen molar-refractivity contribution in [3.05, 3.63) is 54.1 Å². The maximum atomic E-state index is 5.25. The fourth-order valence-electron chi connectivity index (χ4n) is 4.69. The highest BCUT2D eigenvalue weighted by Crippen LogP contribution is 2.37. The van der Waals surface area contributed by atoms with Gasteiger partial charge in [-0.1, -0.05) is 82.3 Å². The molecule has 1 aliphatic carbocycles. The van der Waals surface area contributed by atoms with Crippen LogP contribution < -0.4 is 4.74 Å². The van der Waals surface area contributed by atoms with Gasteiger partial charge in [-0.3, -0.25) is 0 Å². The van der Waals surface area contributed by atoms with E-state index in [0.717, 1.165) is 23.5 Å². The number of benzene rings is 2. The van der Waals surface area contributed by atoms with Gasteiger partial charge in [0, 0.05) is 0 Å². The largest absolute Gasteiger partial charge is 0.497 e. The summed E-state index contributed by atoms with van der Waals surface area (Å²) in [7, 11) is 1.71. The second-order valence-corrected chi connectivity index (χ2v) is 8.53. The van der Waals surface area contributed by atoms with Crippen LogP contribution in [0.5, 0.6) is 5.75 Å². The Labute approximate surface area is 166 Å². The first-order valence-corrected chi connectivity index (χ1v) is 10.9. The molecule has 0 saturated heterocycles. The Morgan fingerprint density at radius 3 is 2.04 bits per heavy atom. The quantitative estimate of drug-likeness (QED) is 0.470. The minimum atomic E-state index is 0.795. The molecule has 0 amide bonds. The Morgan fingerprint density at radius 1 is 0.889 bits per heavy atom. The van der Waals surface area contributed by atoms with Crippen LogP contribution in [0.2, 0.25) is 0 Å². The van der Waals surface area contributed by atoms with Gasteiger partial charge in [-0.15, -0.1) is 0 Å². The minimum absolute atomic E-state index is 0.795. The van der Waals surface area contributed by atoms with E-state index in [-0.39, 0.29) is 0 Å². The van der Waals surface area contributed by atoms with Gasteiger partial charge >= 0.3 is 0 Å². The summed E-state index contributed by atoms with van der Waals surface area (Å²) in [6, 6.07) is 17.5. The van der Waals surface area contributed by atoms with Crippen LogP contribution in [0.3, 0.4) is 0 Å². The molecule has 146 valence electrons. The molecule has 1 nitrogen and oxygen atoms in total. The molecule has 1 atom stereocenters. The zero-order chi connectivity index (χ0) is 19.1. The third-order valence-electron chi connectivity index (χ3n) is 6.60. The van der Waals surface area contributed by atoms with Gasteiger partial charge < -0.3 is 4.74 Å². The number of rotatable bonds is 8. The van der Waals surface area contributed by atoms with E-state index < -0.39 is 0 Å². The van der Waals surface area contributed by atoms with Gasteiger partial charge in [-0.25, -0.2) is 0 Å². The van der Waals surface area contributed by atoms with Crippen LogP contribution in [0.4, 0.5) is 0 Å². The first kappa shape index (κ1) is 20.0. The zero-order valence-corrected chi connectivity index (χ0v) is 17.4. The lowest BCUT2D eigenvalue weighted by molar-refractivity contribution is 0.205. The van der Waals surface area contributed by atoms with Crippen LogP contribution >= 0.6 is 0 Å². The van der Waals surface area contributed by atoms with Gasteiger partial charge in [0.05, 0.1) is 7.11 Å². The van der Waals surface area contributed by atoms with Crippen molar-refractivity contribution in [1.82, 2.24) is 0 Å². The van der Waals surface area contributed by atoms with Crippen LogP contribution in [-0.4, -0.2) is 7.11 Å². The van der Waals surface area contributed by atoms with E-state index in [2.05, 4.69) is 50.2 Å². The fraction of sp³-hybridized carbons (Fsp3) is 0.538. The van der Waals surface area contributed by atoms with Gasteiger partial charge in [0.2, 0.25) is 0 Å². The summed E-state index contributed by atoms with van der Waals surface area (Å²) in [6.45, 7) is 4.78. The van der Waals surface area contributed by atoms with E-state index >= 15 is 0 Å². The summed E-state index contributed by atoms with van der Waals surface area (Å²) in [6.07, 6.45) is 11.3. The number of unbranched alkanes of at least 4 members (excludes halogenated alkanes) is 1. The van der Waals surface area contributed by atoms with Crippen molar-refractivity contribution >= 4 is 0 Å². The van der Waals surface area contributed by atoms with Crippen molar-refractivity contribution in [2.45, 2.75) is 65.2 Å². The molecule has 0 bridgehead atoms. The molecule has 1 aliphatic rings. The molecule has 0 radical (unpaired) electrons. The van der Waals surface area contributed by atoms with E-state index in [1.54, 1.807) is 7.11 Å². The van der Waals surface area contributed by atoms with Crippen molar-refractivity contribution in [3.63, 3.8) is 0 Å². The molecule has 1 saturated carbocycles. The third-order valence-corrected chi connectivity index (χ3v) is 6.60. The third kappa shape index (κ3) is 5.61. The Bertz CT molecular complexity index is 662. The molecule has 0 aromatic heterocycles. The Kier molecular flexibility index (Phi) is 7.38. The lowest BCUT2D eigenvalue weighted by atomic mass is 9.73. The number of hydrogen-bond donors (Lipinski definition) is 0. The maximum Gasteiger partial charge on any atom is 0.118 e. The van der Waals surface area contributed by atoms with Crippen LogP contribution in [0.15, 0.2) is 48.5 Å². The number of methoxy groups -OCH3 is 1. The first-order valence-electron chi connectivity index (χ1n) is 10.9. The average molecular weight is 365 g/mol. The molecule has 0 heterocycles. The predicted octanol–water partition coefficient (Wildman–Crippen LogP) is 7.54. The highest BCUT2D eigenvalue weighted by molar-refractivity contribution is 5.64. The molecule has 0 spiro atoms. The molecule has 1 heteroatoms. The van der Waals surface area contributed by atoms with E-state index in [0.29, 0.717) is 0 Å². The van der Waals surface area contributed by atoms with Crippen molar-refractivity contribution in [1.29, 1.82) is 0 Å². The lowest BCUT2D eigenvalue weighted by Crippen LogP contribution is -2.21. The second-order valence-electron chi connectivity index (χ2n) is 8.53. The van der Waals surface area contributed by atoms with E-state index in [9.17, 15) is 0 Å². The zero-order valence-electron chi connectivity index (χ0n) is 17.4. The van der Waals surface area contributed by atoms with Gasteiger partial charge in [0.15, 0.2) is 0 Å². The van der Waals surface area contributed by atoms with Crippen molar-refractivity contribution < 1.29 is 4.74 Å². The lowest BCUT2D eigenvalue weighted by Gasteiger charge is -2.32. The van der Waals surface area contributed by atoms with Gasteiger partial charge in [0.25, 0.3) is 0 Å². The monoisotopic (exact) mass is 364 g/mol. The van der Waals surface area contributed by atoms with Crippen LogP contribution in [0.25, 0.3) is 11.1 Å². The highest BCUT2D eigenvalue weighted by Gasteiger charge is 2.24.